The average Bonchev–Trinajstić information content (AvgIpc) is 3.15. The van der Waals surface area contributed by atoms with E-state index in [9.17, 15) is 9.59 Å². The first-order valence-corrected chi connectivity index (χ1v) is 11.7. The summed E-state index contributed by atoms with van der Waals surface area (Å²) >= 11 is 0. The van der Waals surface area contributed by atoms with Crippen LogP contribution >= 0.6 is 0 Å². The number of carbonyl (C=O) groups excluding carboxylic acids is 2. The Kier molecular flexibility index (Phi) is 8.87. The van der Waals surface area contributed by atoms with E-state index in [1.807, 2.05) is 60.8 Å². The van der Waals surface area contributed by atoms with Gasteiger partial charge in [0.15, 0.2) is 0 Å². The van der Waals surface area contributed by atoms with Crippen molar-refractivity contribution in [1.82, 2.24) is 14.7 Å². The first-order valence-electron chi connectivity index (χ1n) is 11.7. The van der Waals surface area contributed by atoms with Gasteiger partial charge in [-0.2, -0.15) is 0 Å². The fourth-order valence-corrected chi connectivity index (χ4v) is 3.70. The van der Waals surface area contributed by atoms with E-state index < -0.39 is 0 Å². The number of imidazole rings is 1. The molecule has 3 aromatic rings. The van der Waals surface area contributed by atoms with Crippen LogP contribution in [0.25, 0.3) is 5.65 Å². The van der Waals surface area contributed by atoms with Crippen LogP contribution in [0.1, 0.15) is 67.2 Å². The third-order valence-corrected chi connectivity index (χ3v) is 5.51. The molecule has 2 N–H and O–H groups in total. The number of amides is 2. The minimum atomic E-state index is -0.184. The number of nitrogens with zero attached hydrogens (tertiary/aromatic N) is 2. The second kappa shape index (κ2) is 12.0. The van der Waals surface area contributed by atoms with Crippen molar-refractivity contribution in [2.45, 2.75) is 59.3 Å². The molecule has 0 bridgehead atoms. The number of fused-ring (bicyclic) bond motifs is 1. The average molecular weight is 451 g/mol. The zero-order valence-electron chi connectivity index (χ0n) is 19.8. The van der Waals surface area contributed by atoms with Crippen molar-refractivity contribution in [3.63, 3.8) is 0 Å². The van der Waals surface area contributed by atoms with Gasteiger partial charge in [0.2, 0.25) is 5.91 Å². The molecule has 2 amide bonds. The van der Waals surface area contributed by atoms with E-state index in [0.717, 1.165) is 29.1 Å². The van der Waals surface area contributed by atoms with Crippen LogP contribution in [0.3, 0.4) is 0 Å². The van der Waals surface area contributed by atoms with Gasteiger partial charge in [-0.1, -0.05) is 32.3 Å². The summed E-state index contributed by atoms with van der Waals surface area (Å²) in [6.07, 6.45) is 7.39. The predicted molar refractivity (Wildman–Crippen MR) is 131 cm³/mol. The summed E-state index contributed by atoms with van der Waals surface area (Å²) in [5, 5.41) is 5.79. The van der Waals surface area contributed by atoms with Crippen molar-refractivity contribution in [1.29, 1.82) is 0 Å². The van der Waals surface area contributed by atoms with E-state index in [0.29, 0.717) is 37.4 Å². The van der Waals surface area contributed by atoms with Crippen LogP contribution in [-0.4, -0.2) is 34.4 Å². The normalized spacial score (nSPS) is 10.9. The van der Waals surface area contributed by atoms with Gasteiger partial charge in [0.25, 0.3) is 5.91 Å². The number of rotatable bonds is 12. The van der Waals surface area contributed by atoms with Crippen LogP contribution in [0, 0.1) is 13.8 Å². The lowest BCUT2D eigenvalue weighted by atomic mass is 10.2. The number of hydrogen-bond donors (Lipinski definition) is 2. The summed E-state index contributed by atoms with van der Waals surface area (Å²) in [6, 6.07) is 11.3. The molecule has 0 fully saturated rings. The molecule has 0 atom stereocenters. The Morgan fingerprint density at radius 3 is 2.58 bits per heavy atom. The van der Waals surface area contributed by atoms with Crippen molar-refractivity contribution < 1.29 is 14.3 Å². The third-order valence-electron chi connectivity index (χ3n) is 5.51. The van der Waals surface area contributed by atoms with Crippen LogP contribution in [0.2, 0.25) is 0 Å². The fraction of sp³-hybridized carbons (Fsp3) is 0.423. The van der Waals surface area contributed by atoms with Crippen molar-refractivity contribution in [3.05, 3.63) is 59.5 Å². The molecule has 7 heteroatoms. The molecule has 0 radical (unpaired) electrons. The molecule has 7 nitrogen and oxygen atoms in total. The number of aryl methyl sites for hydroxylation is 2. The highest BCUT2D eigenvalue weighted by atomic mass is 16.5. The van der Waals surface area contributed by atoms with E-state index >= 15 is 0 Å². The molecule has 0 unspecified atom stereocenters. The fourth-order valence-electron chi connectivity index (χ4n) is 3.70. The summed E-state index contributed by atoms with van der Waals surface area (Å²) in [6.45, 7) is 7.12. The van der Waals surface area contributed by atoms with E-state index in [2.05, 4.69) is 22.5 Å². The summed E-state index contributed by atoms with van der Waals surface area (Å²) in [5.74, 6) is 0.542. The highest BCUT2D eigenvalue weighted by Gasteiger charge is 2.17. The summed E-state index contributed by atoms with van der Waals surface area (Å²) in [7, 11) is 0. The first-order chi connectivity index (χ1) is 16.0. The molecule has 0 aliphatic heterocycles. The number of carbonyl (C=O) groups is 2. The number of benzene rings is 1. The van der Waals surface area contributed by atoms with Crippen LogP contribution in [0.5, 0.6) is 5.75 Å². The number of pyridine rings is 1. The molecule has 1 aromatic carbocycles. The van der Waals surface area contributed by atoms with Gasteiger partial charge in [0.1, 0.15) is 17.1 Å². The number of nitrogens with one attached hydrogen (secondary N) is 2. The maximum absolute atomic E-state index is 12.7. The third kappa shape index (κ3) is 6.81. The van der Waals surface area contributed by atoms with E-state index in [4.69, 9.17) is 4.74 Å². The molecule has 2 heterocycles. The zero-order valence-corrected chi connectivity index (χ0v) is 19.8. The zero-order chi connectivity index (χ0) is 23.6. The largest absolute Gasteiger partial charge is 0.494 e. The topological polar surface area (TPSA) is 84.7 Å². The van der Waals surface area contributed by atoms with Gasteiger partial charge in [-0.05, 0) is 62.6 Å². The maximum Gasteiger partial charge on any atom is 0.270 e. The van der Waals surface area contributed by atoms with Gasteiger partial charge in [0, 0.05) is 24.8 Å². The van der Waals surface area contributed by atoms with E-state index in [1.165, 1.54) is 19.3 Å². The number of aromatic nitrogens is 2. The quantitative estimate of drug-likeness (QED) is 0.378. The van der Waals surface area contributed by atoms with E-state index in [1.54, 1.807) is 0 Å². The van der Waals surface area contributed by atoms with Gasteiger partial charge >= 0.3 is 0 Å². The minimum absolute atomic E-state index is 0.0842. The van der Waals surface area contributed by atoms with Gasteiger partial charge in [-0.15, -0.1) is 0 Å². The number of anilines is 1. The molecule has 0 saturated carbocycles. The Morgan fingerprint density at radius 2 is 1.82 bits per heavy atom. The summed E-state index contributed by atoms with van der Waals surface area (Å²) in [5.41, 5.74) is 3.76. The van der Waals surface area contributed by atoms with Gasteiger partial charge < -0.3 is 15.4 Å². The highest BCUT2D eigenvalue weighted by molar-refractivity contribution is 5.95. The lowest BCUT2D eigenvalue weighted by Gasteiger charge is -2.09. The smallest absolute Gasteiger partial charge is 0.270 e. The van der Waals surface area contributed by atoms with Gasteiger partial charge in [-0.3, -0.25) is 14.0 Å². The molecule has 2 aromatic heterocycles. The first kappa shape index (κ1) is 24.3. The van der Waals surface area contributed by atoms with Crippen LogP contribution in [0.15, 0.2) is 42.6 Å². The Balaban J connectivity index is 1.39. The number of ether oxygens (including phenoxy) is 1. The van der Waals surface area contributed by atoms with Gasteiger partial charge in [0.05, 0.1) is 12.3 Å². The van der Waals surface area contributed by atoms with Crippen molar-refractivity contribution in [2.75, 3.05) is 18.5 Å². The lowest BCUT2D eigenvalue weighted by Crippen LogP contribution is -2.27. The Bertz CT molecular complexity index is 1070. The lowest BCUT2D eigenvalue weighted by molar-refractivity contribution is -0.116. The predicted octanol–water partition coefficient (Wildman–Crippen LogP) is 5.06. The molecule has 0 aliphatic carbocycles. The second-order valence-electron chi connectivity index (χ2n) is 8.27. The minimum Gasteiger partial charge on any atom is -0.494 e. The van der Waals surface area contributed by atoms with Gasteiger partial charge in [-0.25, -0.2) is 4.98 Å². The molecule has 33 heavy (non-hydrogen) atoms. The molecule has 0 spiro atoms. The molecular formula is C26H34N4O3. The molecule has 3 rings (SSSR count). The standard InChI is InChI=1S/C26H34N4O3/c1-4-5-6-7-18-33-22-14-12-21(13-15-22)29-23(31)11-8-16-27-26(32)24-20(3)28-25-19(2)10-9-17-30(24)25/h9-10,12-15,17H,4-8,11,16,18H2,1-3H3,(H,27,32)(H,29,31). The van der Waals surface area contributed by atoms with Crippen molar-refractivity contribution in [3.8, 4) is 5.75 Å². The highest BCUT2D eigenvalue weighted by Crippen LogP contribution is 2.17. The van der Waals surface area contributed by atoms with Crippen molar-refractivity contribution in [2.24, 2.45) is 0 Å². The SMILES string of the molecule is CCCCCCOc1ccc(NC(=O)CCCNC(=O)c2c(C)nc3c(C)cccn23)cc1. The van der Waals surface area contributed by atoms with Crippen molar-refractivity contribution >= 4 is 23.1 Å². The Hall–Kier alpha value is -3.35. The summed E-state index contributed by atoms with van der Waals surface area (Å²) < 4.78 is 7.54. The second-order valence-corrected chi connectivity index (χ2v) is 8.27. The molecule has 0 aliphatic rings. The monoisotopic (exact) mass is 450 g/mol. The molecule has 0 saturated heterocycles. The Morgan fingerprint density at radius 1 is 1.03 bits per heavy atom. The van der Waals surface area contributed by atoms with Crippen LogP contribution < -0.4 is 15.4 Å². The van der Waals surface area contributed by atoms with E-state index in [-0.39, 0.29) is 11.8 Å². The van der Waals surface area contributed by atoms with Crippen LogP contribution in [-0.2, 0) is 4.79 Å². The van der Waals surface area contributed by atoms with Crippen LogP contribution in [0.4, 0.5) is 5.69 Å². The number of unbranched alkanes of at least 4 members (excludes halogenated alkanes) is 3. The summed E-state index contributed by atoms with van der Waals surface area (Å²) in [4.78, 5) is 29.4. The number of hydrogen-bond acceptors (Lipinski definition) is 4. The Labute approximate surface area is 195 Å². The maximum atomic E-state index is 12.7. The molecule has 176 valence electrons. The molecular weight excluding hydrogens is 416 g/mol.